The average Bonchev–Trinajstić information content (AvgIpc) is 1.69. The molecule has 0 aliphatic heterocycles. The van der Waals surface area contributed by atoms with Crippen LogP contribution in [0.25, 0.3) is 0 Å². The van der Waals surface area contributed by atoms with E-state index in [0.29, 0.717) is 0 Å². The Hall–Kier alpha value is -0.690. The second-order valence-corrected chi connectivity index (χ2v) is 1.31. The standard InChI is InChI=1S/C6H6O.ClH/c7-6-4-2-1-3-5-6;/h1-5,7H;1H/p-2. The zero-order chi connectivity index (χ0) is 5.11. The minimum Gasteiger partial charge on any atom is -1.00 e. The first-order valence-electron chi connectivity index (χ1n) is 2.11. The fourth-order valence-electron chi connectivity index (χ4n) is 0.420. The van der Waals surface area contributed by atoms with Gasteiger partial charge in [0.25, 0.3) is 0 Å². The molecule has 0 aliphatic carbocycles. The lowest BCUT2D eigenvalue weighted by Crippen LogP contribution is -3.00. The third kappa shape index (κ3) is 1.85. The zero-order valence-corrected chi connectivity index (χ0v) is 4.93. The minimum atomic E-state index is 0. The van der Waals surface area contributed by atoms with E-state index in [9.17, 15) is 5.11 Å². The molecule has 0 unspecified atom stereocenters. The van der Waals surface area contributed by atoms with Crippen molar-refractivity contribution in [2.75, 3.05) is 0 Å². The van der Waals surface area contributed by atoms with Gasteiger partial charge >= 0.3 is 0 Å². The Labute approximate surface area is 54.4 Å². The highest BCUT2D eigenvalue weighted by molar-refractivity contribution is 5.17. The molecular formula is C6H5ClO-2. The summed E-state index contributed by atoms with van der Waals surface area (Å²) in [5.41, 5.74) is 0. The lowest BCUT2D eigenvalue weighted by Gasteiger charge is -1.98. The third-order valence-electron chi connectivity index (χ3n) is 0.743. The molecule has 1 aromatic rings. The van der Waals surface area contributed by atoms with Crippen LogP contribution in [0.5, 0.6) is 5.75 Å². The van der Waals surface area contributed by atoms with Crippen molar-refractivity contribution in [1.82, 2.24) is 0 Å². The summed E-state index contributed by atoms with van der Waals surface area (Å²) in [7, 11) is 0. The summed E-state index contributed by atoms with van der Waals surface area (Å²) in [6.07, 6.45) is 0. The van der Waals surface area contributed by atoms with Gasteiger partial charge in [-0.15, -0.1) is 5.75 Å². The number of rotatable bonds is 0. The molecule has 0 fully saturated rings. The summed E-state index contributed by atoms with van der Waals surface area (Å²) in [6, 6.07) is 8.33. The van der Waals surface area contributed by atoms with Crippen molar-refractivity contribution in [1.29, 1.82) is 0 Å². The van der Waals surface area contributed by atoms with Gasteiger partial charge in [0.05, 0.1) is 0 Å². The zero-order valence-electron chi connectivity index (χ0n) is 4.17. The Balaban J connectivity index is 0.000000490. The van der Waals surface area contributed by atoms with E-state index in [1.165, 1.54) is 12.1 Å². The fourth-order valence-corrected chi connectivity index (χ4v) is 0.420. The molecule has 0 spiro atoms. The molecule has 1 nitrogen and oxygen atoms in total. The lowest BCUT2D eigenvalue weighted by atomic mass is 10.3. The second kappa shape index (κ2) is 3.33. The van der Waals surface area contributed by atoms with Crippen LogP contribution < -0.4 is 17.5 Å². The Kier molecular flexibility index (Phi) is 3.04. The van der Waals surface area contributed by atoms with Crippen molar-refractivity contribution in [3.8, 4) is 5.75 Å². The van der Waals surface area contributed by atoms with Crippen molar-refractivity contribution >= 4 is 0 Å². The van der Waals surface area contributed by atoms with Crippen molar-refractivity contribution in [3.63, 3.8) is 0 Å². The van der Waals surface area contributed by atoms with E-state index in [0.717, 1.165) is 0 Å². The molecule has 0 heterocycles. The van der Waals surface area contributed by atoms with Crippen molar-refractivity contribution < 1.29 is 17.5 Å². The first-order chi connectivity index (χ1) is 3.39. The summed E-state index contributed by atoms with van der Waals surface area (Å²) in [4.78, 5) is 0. The van der Waals surface area contributed by atoms with E-state index in [4.69, 9.17) is 0 Å². The Bertz CT molecular complexity index is 138. The molecule has 0 saturated carbocycles. The summed E-state index contributed by atoms with van der Waals surface area (Å²) >= 11 is 0. The highest BCUT2D eigenvalue weighted by Gasteiger charge is 1.64. The first-order valence-corrected chi connectivity index (χ1v) is 2.11. The predicted molar refractivity (Wildman–Crippen MR) is 25.9 cm³/mol. The number of halogens is 1. The largest absolute Gasteiger partial charge is 1.00 e. The molecule has 0 bridgehead atoms. The van der Waals surface area contributed by atoms with Gasteiger partial charge in [0, 0.05) is 0 Å². The second-order valence-electron chi connectivity index (χ2n) is 1.31. The Morgan fingerprint density at radius 1 is 1.00 bits per heavy atom. The van der Waals surface area contributed by atoms with Crippen LogP contribution in [0.4, 0.5) is 0 Å². The van der Waals surface area contributed by atoms with Crippen LogP contribution in [0.3, 0.4) is 0 Å². The van der Waals surface area contributed by atoms with Crippen LogP contribution >= 0.6 is 0 Å². The van der Waals surface area contributed by atoms with Crippen LogP contribution in [-0.4, -0.2) is 0 Å². The molecule has 1 aromatic carbocycles. The van der Waals surface area contributed by atoms with E-state index in [1.54, 1.807) is 12.1 Å². The Morgan fingerprint density at radius 3 is 1.75 bits per heavy atom. The quantitative estimate of drug-likeness (QED) is 0.388. The van der Waals surface area contributed by atoms with Gasteiger partial charge in [-0.05, 0) is 0 Å². The smallest absolute Gasteiger partial charge is 0.0623 e. The van der Waals surface area contributed by atoms with Crippen molar-refractivity contribution in [3.05, 3.63) is 30.3 Å². The molecule has 0 atom stereocenters. The van der Waals surface area contributed by atoms with E-state index in [1.807, 2.05) is 6.07 Å². The van der Waals surface area contributed by atoms with Gasteiger partial charge in [-0.2, -0.15) is 0 Å². The van der Waals surface area contributed by atoms with Gasteiger partial charge in [0.15, 0.2) is 0 Å². The van der Waals surface area contributed by atoms with Gasteiger partial charge < -0.3 is 17.5 Å². The van der Waals surface area contributed by atoms with Gasteiger partial charge in [0.2, 0.25) is 0 Å². The molecule has 44 valence electrons. The van der Waals surface area contributed by atoms with Gasteiger partial charge in [-0.1, -0.05) is 30.3 Å². The van der Waals surface area contributed by atoms with Crippen LogP contribution in [0.2, 0.25) is 0 Å². The van der Waals surface area contributed by atoms with E-state index in [2.05, 4.69) is 0 Å². The molecule has 8 heavy (non-hydrogen) atoms. The van der Waals surface area contributed by atoms with E-state index in [-0.39, 0.29) is 18.2 Å². The summed E-state index contributed by atoms with van der Waals surface area (Å²) in [6.45, 7) is 0. The van der Waals surface area contributed by atoms with Gasteiger partial charge in [0.1, 0.15) is 0 Å². The minimum absolute atomic E-state index is 0. The monoisotopic (exact) mass is 128 g/mol. The van der Waals surface area contributed by atoms with Crippen LogP contribution in [0.1, 0.15) is 0 Å². The number of benzene rings is 1. The topological polar surface area (TPSA) is 23.1 Å². The summed E-state index contributed by atoms with van der Waals surface area (Å²) in [5, 5.41) is 10.3. The molecule has 2 heteroatoms. The summed E-state index contributed by atoms with van der Waals surface area (Å²) < 4.78 is 0. The Morgan fingerprint density at radius 2 is 1.50 bits per heavy atom. The van der Waals surface area contributed by atoms with Crippen molar-refractivity contribution in [2.45, 2.75) is 0 Å². The predicted octanol–water partition coefficient (Wildman–Crippen LogP) is -2.24. The number of para-hydroxylation sites is 1. The number of hydrogen-bond donors (Lipinski definition) is 0. The molecule has 1 rings (SSSR count). The molecule has 0 radical (unpaired) electrons. The first kappa shape index (κ1) is 7.31. The highest BCUT2D eigenvalue weighted by Crippen LogP contribution is 1.98. The van der Waals surface area contributed by atoms with Crippen LogP contribution in [0.15, 0.2) is 30.3 Å². The molecule has 0 N–H and O–H groups in total. The maximum absolute atomic E-state index is 10.3. The molecule has 0 amide bonds. The molecule has 0 saturated heterocycles. The highest BCUT2D eigenvalue weighted by atomic mass is 35.5. The van der Waals surface area contributed by atoms with Gasteiger partial charge in [-0.25, -0.2) is 0 Å². The third-order valence-corrected chi connectivity index (χ3v) is 0.743. The SMILES string of the molecule is [Cl-].[O-]c1ccccc1. The van der Waals surface area contributed by atoms with Crippen LogP contribution in [0, 0.1) is 0 Å². The normalized spacial score (nSPS) is 7.50. The lowest BCUT2D eigenvalue weighted by molar-refractivity contribution is -0.268. The average molecular weight is 129 g/mol. The van der Waals surface area contributed by atoms with Crippen molar-refractivity contribution in [2.24, 2.45) is 0 Å². The molecule has 0 aliphatic rings. The maximum atomic E-state index is 10.3. The van der Waals surface area contributed by atoms with E-state index < -0.39 is 0 Å². The van der Waals surface area contributed by atoms with E-state index >= 15 is 0 Å². The fraction of sp³-hybridized carbons (Fsp3) is 0. The number of hydrogen-bond acceptors (Lipinski definition) is 1. The molecule has 0 aromatic heterocycles. The summed E-state index contributed by atoms with van der Waals surface area (Å²) in [5.74, 6) is 0.0718. The van der Waals surface area contributed by atoms with Gasteiger partial charge in [-0.3, -0.25) is 0 Å². The molecular weight excluding hydrogens is 124 g/mol. The van der Waals surface area contributed by atoms with Crippen LogP contribution in [-0.2, 0) is 0 Å². The maximum Gasteiger partial charge on any atom is -0.0623 e.